The molecule has 7 nitrogen and oxygen atoms in total. The van der Waals surface area contributed by atoms with E-state index in [1.54, 1.807) is 47.0 Å². The minimum atomic E-state index is -0.523. The van der Waals surface area contributed by atoms with Gasteiger partial charge < -0.3 is 23.7 Å². The number of aromatic nitrogens is 1. The highest BCUT2D eigenvalue weighted by Gasteiger charge is 2.28. The standard InChI is InChI=1S/C25H22ClNO6/c1-31-20-13-19(28)21(25(33-3)24(20)32-2)23(30)15-11-17-5-4-10-27(17)18(12-15)22(29)14-6-8-16(26)9-7-14/h4-6,8-14,28H,7H2,1-3H3. The Kier molecular flexibility index (Phi) is 6.16. The maximum Gasteiger partial charge on any atom is 0.204 e. The number of benzene rings is 1. The molecule has 0 fully saturated rings. The van der Waals surface area contributed by atoms with Gasteiger partial charge in [-0.25, -0.2) is 0 Å². The maximum atomic E-state index is 13.6. The monoisotopic (exact) mass is 467 g/mol. The van der Waals surface area contributed by atoms with E-state index in [0.717, 1.165) is 0 Å². The summed E-state index contributed by atoms with van der Waals surface area (Å²) in [6.07, 6.45) is 7.48. The van der Waals surface area contributed by atoms with E-state index in [9.17, 15) is 14.7 Å². The fourth-order valence-corrected chi connectivity index (χ4v) is 4.12. The van der Waals surface area contributed by atoms with Crippen LogP contribution in [0.25, 0.3) is 5.52 Å². The molecule has 2 heterocycles. The van der Waals surface area contributed by atoms with Gasteiger partial charge in [-0.15, -0.1) is 0 Å². The zero-order valence-electron chi connectivity index (χ0n) is 18.3. The summed E-state index contributed by atoms with van der Waals surface area (Å²) in [5, 5.41) is 11.2. The number of carbonyl (C=O) groups is 2. The molecule has 33 heavy (non-hydrogen) atoms. The summed E-state index contributed by atoms with van der Waals surface area (Å²) in [5.74, 6) is -0.955. The molecular weight excluding hydrogens is 446 g/mol. The second kappa shape index (κ2) is 9.03. The zero-order valence-corrected chi connectivity index (χ0v) is 19.1. The van der Waals surface area contributed by atoms with Gasteiger partial charge in [0.2, 0.25) is 11.5 Å². The second-order valence-electron chi connectivity index (χ2n) is 7.46. The molecular formula is C25H22ClNO6. The molecule has 1 aromatic carbocycles. The van der Waals surface area contributed by atoms with E-state index < -0.39 is 11.7 Å². The van der Waals surface area contributed by atoms with Crippen LogP contribution < -0.4 is 14.2 Å². The SMILES string of the molecule is COc1cc(O)c(C(=O)c2cc(C(=O)C3C=CC(Cl)=CC3)n3cccc3c2)c(OC)c1OC. The average molecular weight is 468 g/mol. The summed E-state index contributed by atoms with van der Waals surface area (Å²) in [5.41, 5.74) is 1.15. The fraction of sp³-hybridized carbons (Fsp3) is 0.200. The molecule has 1 aliphatic rings. The molecule has 1 N–H and O–H groups in total. The Morgan fingerprint density at radius 2 is 1.85 bits per heavy atom. The van der Waals surface area contributed by atoms with Crippen molar-refractivity contribution in [2.75, 3.05) is 21.3 Å². The van der Waals surface area contributed by atoms with Crippen molar-refractivity contribution in [1.82, 2.24) is 4.40 Å². The summed E-state index contributed by atoms with van der Waals surface area (Å²) >= 11 is 5.99. The number of aromatic hydroxyl groups is 1. The summed E-state index contributed by atoms with van der Waals surface area (Å²) in [6, 6.07) is 8.07. The van der Waals surface area contributed by atoms with Gasteiger partial charge in [-0.2, -0.15) is 0 Å². The molecule has 1 atom stereocenters. The van der Waals surface area contributed by atoms with Gasteiger partial charge in [0.05, 0.1) is 27.0 Å². The quantitative estimate of drug-likeness (QED) is 0.503. The number of nitrogens with zero attached hydrogens (tertiary/aromatic N) is 1. The number of ketones is 2. The largest absolute Gasteiger partial charge is 0.507 e. The molecule has 0 aliphatic heterocycles. The molecule has 3 aromatic rings. The highest BCUT2D eigenvalue weighted by Crippen LogP contribution is 2.45. The number of allylic oxidation sites excluding steroid dienone is 4. The van der Waals surface area contributed by atoms with E-state index in [1.807, 2.05) is 0 Å². The van der Waals surface area contributed by atoms with E-state index in [2.05, 4.69) is 0 Å². The van der Waals surface area contributed by atoms with Crippen LogP contribution in [0.3, 0.4) is 0 Å². The molecule has 4 rings (SSSR count). The van der Waals surface area contributed by atoms with Gasteiger partial charge in [0.25, 0.3) is 0 Å². The lowest BCUT2D eigenvalue weighted by molar-refractivity contribution is 0.0939. The number of hydrogen-bond donors (Lipinski definition) is 1. The van der Waals surface area contributed by atoms with E-state index in [1.165, 1.54) is 33.5 Å². The van der Waals surface area contributed by atoms with Crippen molar-refractivity contribution in [3.8, 4) is 23.0 Å². The number of phenols is 1. The molecule has 0 bridgehead atoms. The van der Waals surface area contributed by atoms with Gasteiger partial charge in [-0.1, -0.05) is 23.8 Å². The Morgan fingerprint density at radius 1 is 1.09 bits per heavy atom. The van der Waals surface area contributed by atoms with Crippen LogP contribution in [0.4, 0.5) is 0 Å². The van der Waals surface area contributed by atoms with Crippen LogP contribution in [0.1, 0.15) is 32.8 Å². The lowest BCUT2D eigenvalue weighted by atomic mass is 9.92. The third-order valence-corrected chi connectivity index (χ3v) is 5.86. The Hall–Kier alpha value is -3.71. The highest BCUT2D eigenvalue weighted by atomic mass is 35.5. The molecule has 0 spiro atoms. The Balaban J connectivity index is 1.84. The third-order valence-electron chi connectivity index (χ3n) is 5.58. The van der Waals surface area contributed by atoms with Crippen LogP contribution in [0.15, 0.2) is 59.8 Å². The molecule has 0 amide bonds. The third kappa shape index (κ3) is 3.96. The van der Waals surface area contributed by atoms with Crippen LogP contribution in [-0.4, -0.2) is 42.4 Å². The van der Waals surface area contributed by atoms with Crippen molar-refractivity contribution in [3.63, 3.8) is 0 Å². The first-order chi connectivity index (χ1) is 15.9. The highest BCUT2D eigenvalue weighted by molar-refractivity contribution is 6.31. The summed E-state index contributed by atoms with van der Waals surface area (Å²) in [6.45, 7) is 0. The van der Waals surface area contributed by atoms with Crippen molar-refractivity contribution in [2.45, 2.75) is 6.42 Å². The van der Waals surface area contributed by atoms with Gasteiger partial charge in [-0.05, 0) is 36.8 Å². The summed E-state index contributed by atoms with van der Waals surface area (Å²) < 4.78 is 17.7. The van der Waals surface area contributed by atoms with E-state index in [-0.39, 0.29) is 39.9 Å². The number of pyridine rings is 1. The molecule has 0 radical (unpaired) electrons. The van der Waals surface area contributed by atoms with Crippen LogP contribution in [-0.2, 0) is 0 Å². The van der Waals surface area contributed by atoms with Gasteiger partial charge in [0.15, 0.2) is 17.3 Å². The minimum Gasteiger partial charge on any atom is -0.507 e. The average Bonchev–Trinajstić information content (AvgIpc) is 3.31. The molecule has 8 heteroatoms. The number of carbonyl (C=O) groups excluding carboxylic acids is 2. The number of rotatable bonds is 7. The first-order valence-corrected chi connectivity index (χ1v) is 10.5. The van der Waals surface area contributed by atoms with Crippen molar-refractivity contribution >= 4 is 28.7 Å². The molecule has 1 unspecified atom stereocenters. The Bertz CT molecular complexity index is 1320. The van der Waals surface area contributed by atoms with Gasteiger partial charge >= 0.3 is 0 Å². The predicted octanol–water partition coefficient (Wildman–Crippen LogP) is 4.78. The van der Waals surface area contributed by atoms with E-state index in [0.29, 0.717) is 22.7 Å². The van der Waals surface area contributed by atoms with E-state index in [4.69, 9.17) is 25.8 Å². The normalized spacial score (nSPS) is 15.3. The number of phenolic OH excluding ortho intramolecular Hbond substituents is 1. The molecule has 0 saturated carbocycles. The Labute approximate surface area is 195 Å². The number of fused-ring (bicyclic) bond motifs is 1. The number of Topliss-reactive ketones (excluding diaryl/α,β-unsaturated/α-hetero) is 1. The van der Waals surface area contributed by atoms with Crippen LogP contribution in [0, 0.1) is 5.92 Å². The van der Waals surface area contributed by atoms with Gasteiger partial charge in [0.1, 0.15) is 11.3 Å². The van der Waals surface area contributed by atoms with Crippen molar-refractivity contribution < 1.29 is 28.9 Å². The minimum absolute atomic E-state index is 0.0393. The lowest BCUT2D eigenvalue weighted by Crippen LogP contribution is -2.18. The van der Waals surface area contributed by atoms with Gasteiger partial charge in [0, 0.05) is 34.3 Å². The second-order valence-corrected chi connectivity index (χ2v) is 7.89. The molecule has 0 saturated heterocycles. The predicted molar refractivity (Wildman–Crippen MR) is 124 cm³/mol. The molecule has 2 aromatic heterocycles. The van der Waals surface area contributed by atoms with Crippen LogP contribution in [0.2, 0.25) is 0 Å². The lowest BCUT2D eigenvalue weighted by Gasteiger charge is -2.18. The number of hydrogen-bond acceptors (Lipinski definition) is 6. The summed E-state index contributed by atoms with van der Waals surface area (Å²) in [7, 11) is 4.19. The number of methoxy groups -OCH3 is 3. The topological polar surface area (TPSA) is 86.5 Å². The van der Waals surface area contributed by atoms with Crippen LogP contribution >= 0.6 is 11.6 Å². The number of halogens is 1. The fourth-order valence-electron chi connectivity index (χ4n) is 3.96. The van der Waals surface area contributed by atoms with Crippen molar-refractivity contribution in [3.05, 3.63) is 76.6 Å². The van der Waals surface area contributed by atoms with Gasteiger partial charge in [-0.3, -0.25) is 9.59 Å². The first-order valence-electron chi connectivity index (χ1n) is 10.1. The smallest absolute Gasteiger partial charge is 0.204 e. The molecule has 1 aliphatic carbocycles. The first kappa shape index (κ1) is 22.5. The molecule has 170 valence electrons. The van der Waals surface area contributed by atoms with E-state index >= 15 is 0 Å². The van der Waals surface area contributed by atoms with Crippen molar-refractivity contribution in [2.24, 2.45) is 5.92 Å². The Morgan fingerprint density at radius 3 is 2.48 bits per heavy atom. The van der Waals surface area contributed by atoms with Crippen LogP contribution in [0.5, 0.6) is 23.0 Å². The maximum absolute atomic E-state index is 13.6. The number of ether oxygens (including phenoxy) is 3. The summed E-state index contributed by atoms with van der Waals surface area (Å²) in [4.78, 5) is 26.9. The van der Waals surface area contributed by atoms with Crippen molar-refractivity contribution in [1.29, 1.82) is 0 Å². The zero-order chi connectivity index (χ0) is 23.7.